The zero-order chi connectivity index (χ0) is 18.5. The molecule has 27 heavy (non-hydrogen) atoms. The van der Waals surface area contributed by atoms with Gasteiger partial charge in [0.05, 0.1) is 6.54 Å². The molecule has 0 aliphatic rings. The van der Waals surface area contributed by atoms with Gasteiger partial charge in [0.25, 0.3) is 0 Å². The zero-order valence-electron chi connectivity index (χ0n) is 14.2. The van der Waals surface area contributed by atoms with Crippen LogP contribution in [0.5, 0.6) is 0 Å². The standard InChI is InChI=1S/C18H15N7O2/c26-14(12-25-10-9-21-18(25)13-5-2-1-3-6-13)22-11-15-23-17(24-27-15)16-19-7-4-8-20-16/h1-10H,11-12H2,(H,22,26). The van der Waals surface area contributed by atoms with Crippen LogP contribution in [0.1, 0.15) is 5.89 Å². The maximum Gasteiger partial charge on any atom is 0.246 e. The fourth-order valence-corrected chi connectivity index (χ4v) is 2.50. The van der Waals surface area contributed by atoms with Crippen molar-refractivity contribution in [2.45, 2.75) is 13.1 Å². The van der Waals surface area contributed by atoms with E-state index in [9.17, 15) is 4.79 Å². The van der Waals surface area contributed by atoms with Gasteiger partial charge in [-0.25, -0.2) is 15.0 Å². The van der Waals surface area contributed by atoms with Crippen molar-refractivity contribution in [2.24, 2.45) is 0 Å². The average molecular weight is 361 g/mol. The van der Waals surface area contributed by atoms with Crippen molar-refractivity contribution in [3.8, 4) is 23.0 Å². The number of carbonyl (C=O) groups is 1. The van der Waals surface area contributed by atoms with Crippen LogP contribution >= 0.6 is 0 Å². The van der Waals surface area contributed by atoms with E-state index in [0.717, 1.165) is 11.4 Å². The molecule has 1 aromatic carbocycles. The Kier molecular flexibility index (Phi) is 4.64. The fourth-order valence-electron chi connectivity index (χ4n) is 2.50. The molecular weight excluding hydrogens is 346 g/mol. The lowest BCUT2D eigenvalue weighted by Crippen LogP contribution is -2.27. The van der Waals surface area contributed by atoms with Crippen LogP contribution in [-0.4, -0.2) is 35.6 Å². The molecule has 0 saturated heterocycles. The first kappa shape index (κ1) is 16.6. The molecule has 0 radical (unpaired) electrons. The monoisotopic (exact) mass is 361 g/mol. The maximum absolute atomic E-state index is 12.3. The summed E-state index contributed by atoms with van der Waals surface area (Å²) in [6.07, 6.45) is 6.62. The molecule has 9 nitrogen and oxygen atoms in total. The third-order valence-electron chi connectivity index (χ3n) is 3.73. The molecule has 4 aromatic rings. The minimum absolute atomic E-state index is 0.119. The first-order chi connectivity index (χ1) is 13.3. The number of aromatic nitrogens is 6. The largest absolute Gasteiger partial charge is 0.345 e. The molecule has 0 aliphatic heterocycles. The smallest absolute Gasteiger partial charge is 0.246 e. The molecule has 134 valence electrons. The van der Waals surface area contributed by atoms with Gasteiger partial charge in [0, 0.05) is 30.4 Å². The highest BCUT2D eigenvalue weighted by Gasteiger charge is 2.13. The van der Waals surface area contributed by atoms with Crippen LogP contribution in [0.25, 0.3) is 23.0 Å². The highest BCUT2D eigenvalue weighted by Crippen LogP contribution is 2.16. The second-order valence-corrected chi connectivity index (χ2v) is 5.61. The minimum atomic E-state index is -0.194. The molecule has 1 N–H and O–H groups in total. The second kappa shape index (κ2) is 7.56. The molecular formula is C18H15N7O2. The van der Waals surface area contributed by atoms with E-state index in [0.29, 0.717) is 5.82 Å². The van der Waals surface area contributed by atoms with Crippen LogP contribution in [0, 0.1) is 0 Å². The van der Waals surface area contributed by atoms with Gasteiger partial charge in [-0.1, -0.05) is 35.5 Å². The molecule has 0 unspecified atom stereocenters. The number of benzene rings is 1. The molecule has 0 spiro atoms. The SMILES string of the molecule is O=C(Cn1ccnc1-c1ccccc1)NCc1nc(-c2ncccn2)no1. The first-order valence-corrected chi connectivity index (χ1v) is 8.23. The Morgan fingerprint density at radius 1 is 1.00 bits per heavy atom. The van der Waals surface area contributed by atoms with Crippen LogP contribution in [0.4, 0.5) is 0 Å². The Hall–Kier alpha value is -3.88. The minimum Gasteiger partial charge on any atom is -0.345 e. The molecule has 0 aliphatic carbocycles. The van der Waals surface area contributed by atoms with Crippen molar-refractivity contribution < 1.29 is 9.32 Å². The summed E-state index contributed by atoms with van der Waals surface area (Å²) in [5, 5.41) is 6.57. The quantitative estimate of drug-likeness (QED) is 0.556. The number of amides is 1. The Bertz CT molecular complexity index is 1030. The summed E-state index contributed by atoms with van der Waals surface area (Å²) in [5.74, 6) is 1.46. The normalized spacial score (nSPS) is 10.7. The van der Waals surface area contributed by atoms with Gasteiger partial charge < -0.3 is 14.4 Å². The van der Waals surface area contributed by atoms with Crippen LogP contribution in [0.15, 0.2) is 65.7 Å². The van der Waals surface area contributed by atoms with Gasteiger partial charge in [-0.15, -0.1) is 0 Å². The molecule has 3 aromatic heterocycles. The van der Waals surface area contributed by atoms with E-state index in [1.54, 1.807) is 35.4 Å². The summed E-state index contributed by atoms with van der Waals surface area (Å²) in [7, 11) is 0. The van der Waals surface area contributed by atoms with E-state index in [1.165, 1.54) is 0 Å². The number of rotatable bonds is 6. The highest BCUT2D eigenvalue weighted by molar-refractivity contribution is 5.76. The van der Waals surface area contributed by atoms with E-state index in [2.05, 4.69) is 30.4 Å². The van der Waals surface area contributed by atoms with Crippen LogP contribution in [-0.2, 0) is 17.9 Å². The summed E-state index contributed by atoms with van der Waals surface area (Å²) in [5.41, 5.74) is 0.944. The van der Waals surface area contributed by atoms with Gasteiger partial charge in [0.2, 0.25) is 23.4 Å². The Labute approximate surface area is 154 Å². The first-order valence-electron chi connectivity index (χ1n) is 8.23. The van der Waals surface area contributed by atoms with E-state index >= 15 is 0 Å². The summed E-state index contributed by atoms with van der Waals surface area (Å²) < 4.78 is 6.90. The van der Waals surface area contributed by atoms with Gasteiger partial charge in [0.1, 0.15) is 12.4 Å². The van der Waals surface area contributed by atoms with Crippen molar-refractivity contribution in [2.75, 3.05) is 0 Å². The van der Waals surface area contributed by atoms with Gasteiger partial charge in [-0.2, -0.15) is 4.98 Å². The van der Waals surface area contributed by atoms with Crippen molar-refractivity contribution in [3.05, 3.63) is 67.1 Å². The van der Waals surface area contributed by atoms with Crippen LogP contribution in [0.2, 0.25) is 0 Å². The molecule has 4 rings (SSSR count). The number of carbonyl (C=O) groups excluding carboxylic acids is 1. The van der Waals surface area contributed by atoms with Crippen molar-refractivity contribution in [1.82, 2.24) is 35.0 Å². The van der Waals surface area contributed by atoms with E-state index < -0.39 is 0 Å². The predicted molar refractivity (Wildman–Crippen MR) is 94.8 cm³/mol. The zero-order valence-corrected chi connectivity index (χ0v) is 14.2. The van der Waals surface area contributed by atoms with Gasteiger partial charge >= 0.3 is 0 Å². The van der Waals surface area contributed by atoms with E-state index in [1.807, 2.05) is 30.3 Å². The number of hydrogen-bond acceptors (Lipinski definition) is 7. The van der Waals surface area contributed by atoms with Crippen molar-refractivity contribution in [1.29, 1.82) is 0 Å². The third kappa shape index (κ3) is 3.87. The molecule has 0 saturated carbocycles. The second-order valence-electron chi connectivity index (χ2n) is 5.61. The van der Waals surface area contributed by atoms with Gasteiger partial charge in [0.15, 0.2) is 0 Å². The summed E-state index contributed by atoms with van der Waals surface area (Å²) >= 11 is 0. The highest BCUT2D eigenvalue weighted by atomic mass is 16.5. The van der Waals surface area contributed by atoms with Gasteiger partial charge in [-0.3, -0.25) is 4.79 Å². The van der Waals surface area contributed by atoms with Gasteiger partial charge in [-0.05, 0) is 6.07 Å². The Balaban J connectivity index is 1.37. The summed E-state index contributed by atoms with van der Waals surface area (Å²) in [4.78, 5) is 28.9. The molecule has 0 atom stereocenters. The number of nitrogens with zero attached hydrogens (tertiary/aromatic N) is 6. The Morgan fingerprint density at radius 3 is 2.63 bits per heavy atom. The van der Waals surface area contributed by atoms with Crippen molar-refractivity contribution >= 4 is 5.91 Å². The number of nitrogens with one attached hydrogen (secondary N) is 1. The fraction of sp³-hybridized carbons (Fsp3) is 0.111. The molecule has 0 fully saturated rings. The van der Waals surface area contributed by atoms with Crippen LogP contribution in [0.3, 0.4) is 0 Å². The summed E-state index contributed by atoms with van der Waals surface area (Å²) in [6, 6.07) is 11.4. The lowest BCUT2D eigenvalue weighted by Gasteiger charge is -2.07. The van der Waals surface area contributed by atoms with Crippen molar-refractivity contribution in [3.63, 3.8) is 0 Å². The predicted octanol–water partition coefficient (Wildman–Crippen LogP) is 1.71. The third-order valence-corrected chi connectivity index (χ3v) is 3.73. The topological polar surface area (TPSA) is 112 Å². The van der Waals surface area contributed by atoms with E-state index in [4.69, 9.17) is 4.52 Å². The molecule has 0 bridgehead atoms. The lowest BCUT2D eigenvalue weighted by molar-refractivity contribution is -0.121. The number of hydrogen-bond donors (Lipinski definition) is 1. The molecule has 9 heteroatoms. The lowest BCUT2D eigenvalue weighted by atomic mass is 10.2. The summed E-state index contributed by atoms with van der Waals surface area (Å²) in [6.45, 7) is 0.251. The Morgan fingerprint density at radius 2 is 1.81 bits per heavy atom. The van der Waals surface area contributed by atoms with E-state index in [-0.39, 0.29) is 30.7 Å². The average Bonchev–Trinajstić information content (AvgIpc) is 3.37. The molecule has 1 amide bonds. The maximum atomic E-state index is 12.3. The molecule has 3 heterocycles. The number of imidazole rings is 1. The van der Waals surface area contributed by atoms with Crippen LogP contribution < -0.4 is 5.32 Å².